The minimum atomic E-state index is -4.52. The van der Waals surface area contributed by atoms with Crippen LogP contribution in [-0.4, -0.2) is 15.6 Å². The number of carbonyl (C=O) groups excluding carboxylic acids is 1. The SMILES string of the molecule is Cn1ncc(Cl)c1C(=O)c1cc(C(F)(F)F)ccc1Br. The second kappa shape index (κ2) is 5.21. The van der Waals surface area contributed by atoms with Crippen LogP contribution in [0, 0.1) is 0 Å². The predicted molar refractivity (Wildman–Crippen MR) is 70.8 cm³/mol. The zero-order valence-corrected chi connectivity index (χ0v) is 12.3. The maximum atomic E-state index is 12.7. The van der Waals surface area contributed by atoms with Gasteiger partial charge in [-0.05, 0) is 18.2 Å². The molecule has 0 aliphatic heterocycles. The van der Waals surface area contributed by atoms with Crippen molar-refractivity contribution in [2.24, 2.45) is 7.05 Å². The zero-order chi connectivity index (χ0) is 15.1. The van der Waals surface area contributed by atoms with Gasteiger partial charge in [0.1, 0.15) is 5.69 Å². The highest BCUT2D eigenvalue weighted by Crippen LogP contribution is 2.33. The van der Waals surface area contributed by atoms with E-state index in [1.54, 1.807) is 0 Å². The van der Waals surface area contributed by atoms with Crippen LogP contribution < -0.4 is 0 Å². The summed E-state index contributed by atoms with van der Waals surface area (Å²) in [6.07, 6.45) is -3.26. The number of hydrogen-bond acceptors (Lipinski definition) is 2. The average molecular weight is 368 g/mol. The monoisotopic (exact) mass is 366 g/mol. The van der Waals surface area contributed by atoms with E-state index in [1.807, 2.05) is 0 Å². The van der Waals surface area contributed by atoms with E-state index in [0.29, 0.717) is 0 Å². The van der Waals surface area contributed by atoms with Gasteiger partial charge in [-0.3, -0.25) is 9.48 Å². The average Bonchev–Trinajstić information content (AvgIpc) is 2.67. The molecule has 0 atom stereocenters. The molecule has 0 unspecified atom stereocenters. The van der Waals surface area contributed by atoms with E-state index in [9.17, 15) is 18.0 Å². The van der Waals surface area contributed by atoms with Crippen molar-refractivity contribution in [3.63, 3.8) is 0 Å². The first-order valence-electron chi connectivity index (χ1n) is 5.30. The maximum absolute atomic E-state index is 12.7. The van der Waals surface area contributed by atoms with Crippen molar-refractivity contribution in [2.45, 2.75) is 6.18 Å². The van der Waals surface area contributed by atoms with Crippen molar-refractivity contribution in [3.05, 3.63) is 50.7 Å². The summed E-state index contributed by atoms with van der Waals surface area (Å²) in [6, 6.07) is 2.86. The Labute approximate surface area is 125 Å². The molecule has 0 aliphatic carbocycles. The largest absolute Gasteiger partial charge is 0.416 e. The number of ketones is 1. The van der Waals surface area contributed by atoms with E-state index in [2.05, 4.69) is 21.0 Å². The lowest BCUT2D eigenvalue weighted by atomic mass is 10.0. The minimum absolute atomic E-state index is 0.0340. The number of hydrogen-bond donors (Lipinski definition) is 0. The molecule has 0 spiro atoms. The Bertz CT molecular complexity index is 662. The molecule has 20 heavy (non-hydrogen) atoms. The van der Waals surface area contributed by atoms with Crippen molar-refractivity contribution in [1.82, 2.24) is 9.78 Å². The molecule has 8 heteroatoms. The Morgan fingerprint density at radius 3 is 2.55 bits per heavy atom. The van der Waals surface area contributed by atoms with Gasteiger partial charge >= 0.3 is 6.18 Å². The van der Waals surface area contributed by atoms with Gasteiger partial charge in [0.05, 0.1) is 16.8 Å². The van der Waals surface area contributed by atoms with Gasteiger partial charge in [0.2, 0.25) is 5.78 Å². The standard InChI is InChI=1S/C12H7BrClF3N2O/c1-19-10(9(14)5-18-19)11(20)7-4-6(12(15,16)17)2-3-8(7)13/h2-5H,1H3. The molecule has 2 aromatic rings. The van der Waals surface area contributed by atoms with Gasteiger partial charge in [0, 0.05) is 17.1 Å². The van der Waals surface area contributed by atoms with Crippen LogP contribution in [0.25, 0.3) is 0 Å². The molecule has 0 amide bonds. The highest BCUT2D eigenvalue weighted by Gasteiger charge is 2.32. The van der Waals surface area contributed by atoms with Gasteiger partial charge in [-0.2, -0.15) is 18.3 Å². The molecule has 0 aliphatic rings. The molecule has 1 aromatic carbocycles. The fourth-order valence-electron chi connectivity index (χ4n) is 1.67. The van der Waals surface area contributed by atoms with Gasteiger partial charge in [-0.15, -0.1) is 0 Å². The van der Waals surface area contributed by atoms with Crippen LogP contribution in [0.2, 0.25) is 5.02 Å². The zero-order valence-electron chi connectivity index (χ0n) is 10.0. The van der Waals surface area contributed by atoms with E-state index in [1.165, 1.54) is 24.0 Å². The van der Waals surface area contributed by atoms with Crippen LogP contribution in [0.3, 0.4) is 0 Å². The molecule has 1 aromatic heterocycles. The number of carbonyl (C=O) groups is 1. The molecule has 3 nitrogen and oxygen atoms in total. The van der Waals surface area contributed by atoms with E-state index in [4.69, 9.17) is 11.6 Å². The fraction of sp³-hybridized carbons (Fsp3) is 0.167. The first kappa shape index (κ1) is 15.1. The fourth-order valence-corrected chi connectivity index (χ4v) is 2.35. The molecule has 1 heterocycles. The Kier molecular flexibility index (Phi) is 3.93. The van der Waals surface area contributed by atoms with E-state index in [-0.39, 0.29) is 20.8 Å². The first-order chi connectivity index (χ1) is 9.21. The highest BCUT2D eigenvalue weighted by molar-refractivity contribution is 9.10. The van der Waals surface area contributed by atoms with Crippen LogP contribution >= 0.6 is 27.5 Å². The van der Waals surface area contributed by atoms with E-state index >= 15 is 0 Å². The van der Waals surface area contributed by atoms with Crippen molar-refractivity contribution in [3.8, 4) is 0 Å². The second-order valence-corrected chi connectivity index (χ2v) is 5.25. The summed E-state index contributed by atoms with van der Waals surface area (Å²) in [6.45, 7) is 0. The molecule has 2 rings (SSSR count). The van der Waals surface area contributed by atoms with Gasteiger partial charge in [0.15, 0.2) is 0 Å². The summed E-state index contributed by atoms with van der Waals surface area (Å²) >= 11 is 8.90. The van der Waals surface area contributed by atoms with Crippen molar-refractivity contribution in [2.75, 3.05) is 0 Å². The number of benzene rings is 1. The lowest BCUT2D eigenvalue weighted by Crippen LogP contribution is -2.12. The third kappa shape index (κ3) is 2.73. The smallest absolute Gasteiger partial charge is 0.287 e. The summed E-state index contributed by atoms with van der Waals surface area (Å²) in [5, 5.41) is 3.87. The number of aromatic nitrogens is 2. The van der Waals surface area contributed by atoms with Gasteiger partial charge in [-0.25, -0.2) is 0 Å². The molecule has 0 fully saturated rings. The molecule has 0 saturated carbocycles. The Balaban J connectivity index is 2.55. The van der Waals surface area contributed by atoms with E-state index < -0.39 is 17.5 Å². The van der Waals surface area contributed by atoms with Gasteiger partial charge in [-0.1, -0.05) is 27.5 Å². The summed E-state index contributed by atoms with van der Waals surface area (Å²) in [5.74, 6) is -0.632. The number of alkyl halides is 3. The minimum Gasteiger partial charge on any atom is -0.287 e. The molecule has 0 N–H and O–H groups in total. The predicted octanol–water partition coefficient (Wildman–Crippen LogP) is 4.09. The first-order valence-corrected chi connectivity index (χ1v) is 6.48. The number of halogens is 5. The summed E-state index contributed by atoms with van der Waals surface area (Å²) in [4.78, 5) is 12.3. The number of rotatable bonds is 2. The van der Waals surface area contributed by atoms with Crippen LogP contribution in [0.1, 0.15) is 21.6 Å². The maximum Gasteiger partial charge on any atom is 0.416 e. The van der Waals surface area contributed by atoms with Crippen molar-refractivity contribution < 1.29 is 18.0 Å². The van der Waals surface area contributed by atoms with Crippen molar-refractivity contribution >= 4 is 33.3 Å². The third-order valence-corrected chi connectivity index (χ3v) is 3.62. The third-order valence-electron chi connectivity index (χ3n) is 2.65. The lowest BCUT2D eigenvalue weighted by Gasteiger charge is -2.10. The van der Waals surface area contributed by atoms with Crippen LogP contribution in [-0.2, 0) is 13.2 Å². The number of aryl methyl sites for hydroxylation is 1. The summed E-state index contributed by atoms with van der Waals surface area (Å²) in [7, 11) is 1.49. The molecule has 106 valence electrons. The van der Waals surface area contributed by atoms with Gasteiger partial charge < -0.3 is 0 Å². The van der Waals surface area contributed by atoms with Crippen molar-refractivity contribution in [1.29, 1.82) is 0 Å². The Morgan fingerprint density at radius 1 is 1.40 bits per heavy atom. The molecule has 0 radical (unpaired) electrons. The molecular weight excluding hydrogens is 360 g/mol. The normalized spacial score (nSPS) is 11.7. The van der Waals surface area contributed by atoms with Gasteiger partial charge in [0.25, 0.3) is 0 Å². The highest BCUT2D eigenvalue weighted by atomic mass is 79.9. The molecule has 0 bridgehead atoms. The van der Waals surface area contributed by atoms with Crippen LogP contribution in [0.15, 0.2) is 28.9 Å². The number of nitrogens with zero attached hydrogens (tertiary/aromatic N) is 2. The molecular formula is C12H7BrClF3N2O. The lowest BCUT2D eigenvalue weighted by molar-refractivity contribution is -0.137. The Hall–Kier alpha value is -1.34. The summed E-state index contributed by atoms with van der Waals surface area (Å²) in [5.41, 5.74) is -0.987. The molecule has 0 saturated heterocycles. The topological polar surface area (TPSA) is 34.9 Å². The second-order valence-electron chi connectivity index (χ2n) is 3.99. The Morgan fingerprint density at radius 2 is 2.05 bits per heavy atom. The summed E-state index contributed by atoms with van der Waals surface area (Å²) < 4.78 is 39.6. The van der Waals surface area contributed by atoms with E-state index in [0.717, 1.165) is 12.1 Å². The quantitative estimate of drug-likeness (QED) is 0.750. The van der Waals surface area contributed by atoms with Crippen LogP contribution in [0.4, 0.5) is 13.2 Å². The van der Waals surface area contributed by atoms with Crippen LogP contribution in [0.5, 0.6) is 0 Å².